The van der Waals surface area contributed by atoms with Gasteiger partial charge in [0.2, 0.25) is 5.91 Å². The molecule has 0 aromatic heterocycles. The van der Waals surface area contributed by atoms with Crippen LogP contribution in [0.4, 0.5) is 0 Å². The first-order valence-electron chi connectivity index (χ1n) is 11.7. The van der Waals surface area contributed by atoms with Crippen LogP contribution in [0.15, 0.2) is 0 Å². The Labute approximate surface area is 171 Å². The fraction of sp³-hybridized carbons (Fsp3) is 0.917. The molecular formula is C24H40N2O2. The van der Waals surface area contributed by atoms with Crippen molar-refractivity contribution in [3.63, 3.8) is 0 Å². The lowest BCUT2D eigenvalue weighted by molar-refractivity contribution is -0.154. The van der Waals surface area contributed by atoms with Gasteiger partial charge in [0.25, 0.3) is 0 Å². The average molecular weight is 389 g/mol. The van der Waals surface area contributed by atoms with Crippen molar-refractivity contribution in [1.82, 2.24) is 10.2 Å². The van der Waals surface area contributed by atoms with Crippen molar-refractivity contribution >= 4 is 11.7 Å². The fourth-order valence-corrected chi connectivity index (χ4v) is 8.82. The van der Waals surface area contributed by atoms with Gasteiger partial charge in [0.05, 0.1) is 6.04 Å². The molecule has 9 atom stereocenters. The second-order valence-electron chi connectivity index (χ2n) is 11.1. The van der Waals surface area contributed by atoms with E-state index in [1.807, 2.05) is 0 Å². The lowest BCUT2D eigenvalue weighted by Gasteiger charge is -2.63. The number of ketones is 1. The van der Waals surface area contributed by atoms with Crippen molar-refractivity contribution < 1.29 is 9.59 Å². The molecule has 4 rings (SSSR count). The monoisotopic (exact) mass is 388 g/mol. The topological polar surface area (TPSA) is 49.4 Å². The third kappa shape index (κ3) is 2.80. The van der Waals surface area contributed by atoms with Crippen LogP contribution < -0.4 is 5.32 Å². The molecule has 4 nitrogen and oxygen atoms in total. The Morgan fingerprint density at radius 1 is 1.18 bits per heavy atom. The summed E-state index contributed by atoms with van der Waals surface area (Å²) < 4.78 is 0. The summed E-state index contributed by atoms with van der Waals surface area (Å²) in [4.78, 5) is 26.6. The maximum absolute atomic E-state index is 12.4. The van der Waals surface area contributed by atoms with Crippen LogP contribution in [-0.2, 0) is 9.59 Å². The highest BCUT2D eigenvalue weighted by molar-refractivity contribution is 5.84. The van der Waals surface area contributed by atoms with Crippen LogP contribution in [0.2, 0.25) is 0 Å². The quantitative estimate of drug-likeness (QED) is 0.777. The van der Waals surface area contributed by atoms with E-state index in [0.717, 1.165) is 37.1 Å². The molecule has 0 radical (unpaired) electrons. The van der Waals surface area contributed by atoms with E-state index in [9.17, 15) is 9.59 Å². The van der Waals surface area contributed by atoms with Gasteiger partial charge in [-0.05, 0) is 94.4 Å². The fourth-order valence-electron chi connectivity index (χ4n) is 8.82. The van der Waals surface area contributed by atoms with Crippen LogP contribution in [0.25, 0.3) is 0 Å². The predicted molar refractivity (Wildman–Crippen MR) is 112 cm³/mol. The van der Waals surface area contributed by atoms with Crippen LogP contribution in [0.1, 0.15) is 80.1 Å². The molecule has 2 saturated carbocycles. The van der Waals surface area contributed by atoms with E-state index < -0.39 is 0 Å². The lowest BCUT2D eigenvalue weighted by Crippen LogP contribution is -2.67. The summed E-state index contributed by atoms with van der Waals surface area (Å²) in [5.74, 6) is 4.02. The van der Waals surface area contributed by atoms with Gasteiger partial charge in [-0.15, -0.1) is 0 Å². The highest BCUT2D eigenvalue weighted by atomic mass is 16.1. The Bertz CT molecular complexity index is 663. The molecule has 4 aliphatic rings. The van der Waals surface area contributed by atoms with Crippen molar-refractivity contribution in [1.29, 1.82) is 0 Å². The summed E-state index contributed by atoms with van der Waals surface area (Å²) in [6, 6.07) is 0.352. The minimum absolute atomic E-state index is 0.0992. The minimum Gasteiger partial charge on any atom is -0.354 e. The second kappa shape index (κ2) is 6.82. The number of hydrogen-bond acceptors (Lipinski definition) is 3. The highest BCUT2D eigenvalue weighted by Crippen LogP contribution is 2.65. The molecule has 28 heavy (non-hydrogen) atoms. The smallest absolute Gasteiger partial charge is 0.217 e. The summed E-state index contributed by atoms with van der Waals surface area (Å²) >= 11 is 0. The SMILES string of the molecule is CC(=O)NC(C)[C@H]1C(C)C[C@H]2[C@@H]3CCN4C(C)C(=O)CC[C@]4(C)[C@H]3CC[C@]12C. The van der Waals surface area contributed by atoms with Gasteiger partial charge >= 0.3 is 0 Å². The summed E-state index contributed by atoms with van der Waals surface area (Å²) in [5, 5.41) is 3.22. The minimum atomic E-state index is 0.0992. The molecule has 4 heteroatoms. The molecule has 2 aliphatic heterocycles. The van der Waals surface area contributed by atoms with E-state index in [2.05, 4.69) is 44.8 Å². The van der Waals surface area contributed by atoms with Crippen molar-refractivity contribution in [2.45, 2.75) is 97.7 Å². The molecule has 0 spiro atoms. The van der Waals surface area contributed by atoms with Gasteiger partial charge < -0.3 is 5.32 Å². The lowest BCUT2D eigenvalue weighted by atomic mass is 9.51. The molecule has 0 aromatic carbocycles. The Morgan fingerprint density at radius 3 is 2.57 bits per heavy atom. The van der Waals surface area contributed by atoms with Gasteiger partial charge in [0.15, 0.2) is 0 Å². The molecule has 3 unspecified atom stereocenters. The number of nitrogens with one attached hydrogen (secondary N) is 1. The van der Waals surface area contributed by atoms with E-state index in [-0.39, 0.29) is 23.5 Å². The van der Waals surface area contributed by atoms with Gasteiger partial charge in [-0.3, -0.25) is 14.5 Å². The Morgan fingerprint density at radius 2 is 1.89 bits per heavy atom. The van der Waals surface area contributed by atoms with E-state index in [0.29, 0.717) is 23.0 Å². The molecule has 2 aliphatic carbocycles. The number of piperidine rings is 2. The second-order valence-corrected chi connectivity index (χ2v) is 11.1. The van der Waals surface area contributed by atoms with Crippen LogP contribution in [0.3, 0.4) is 0 Å². The summed E-state index contributed by atoms with van der Waals surface area (Å²) in [5.41, 5.74) is 0.527. The zero-order valence-corrected chi connectivity index (χ0v) is 18.8. The summed E-state index contributed by atoms with van der Waals surface area (Å²) in [6.45, 7) is 14.5. The van der Waals surface area contributed by atoms with E-state index in [4.69, 9.17) is 0 Å². The number of carbonyl (C=O) groups is 2. The van der Waals surface area contributed by atoms with E-state index >= 15 is 0 Å². The first kappa shape index (κ1) is 20.4. The van der Waals surface area contributed by atoms with Gasteiger partial charge in [0, 0.05) is 24.9 Å². The standard InChI is InChI=1S/C24H40N2O2/c1-14-13-20-18-9-12-26-16(3)21(28)8-11-24(26,6)19(18)7-10-23(20,5)22(14)15(2)25-17(4)27/h14-16,18-20,22H,7-13H2,1-6H3,(H,25,27)/t14?,15?,16?,18-,19+,20+,22-,23+,24-/m1/s1. The number of fused-ring (bicyclic) bond motifs is 5. The largest absolute Gasteiger partial charge is 0.354 e. The maximum atomic E-state index is 12.4. The molecule has 158 valence electrons. The van der Waals surface area contributed by atoms with Crippen LogP contribution in [-0.4, -0.2) is 40.8 Å². The number of rotatable bonds is 2. The highest BCUT2D eigenvalue weighted by Gasteiger charge is 2.62. The maximum Gasteiger partial charge on any atom is 0.217 e. The van der Waals surface area contributed by atoms with Crippen molar-refractivity contribution in [3.8, 4) is 0 Å². The number of Topliss-reactive ketones (excluding diaryl/α,β-unsaturated/α-hetero) is 1. The molecule has 2 heterocycles. The third-order valence-electron chi connectivity index (χ3n) is 9.81. The first-order valence-corrected chi connectivity index (χ1v) is 11.7. The van der Waals surface area contributed by atoms with Gasteiger partial charge in [-0.2, -0.15) is 0 Å². The van der Waals surface area contributed by atoms with Crippen LogP contribution in [0, 0.1) is 35.0 Å². The van der Waals surface area contributed by atoms with Crippen molar-refractivity contribution in [3.05, 3.63) is 0 Å². The number of hydrogen-bond donors (Lipinski definition) is 1. The third-order valence-corrected chi connectivity index (χ3v) is 9.81. The van der Waals surface area contributed by atoms with Crippen molar-refractivity contribution in [2.24, 2.45) is 35.0 Å². The predicted octanol–water partition coefficient (Wildman–Crippen LogP) is 4.03. The molecule has 1 N–H and O–H groups in total. The average Bonchev–Trinajstić information content (AvgIpc) is 2.88. The zero-order valence-electron chi connectivity index (χ0n) is 18.8. The molecule has 2 saturated heterocycles. The number of carbonyl (C=O) groups excluding carboxylic acids is 2. The molecule has 4 fully saturated rings. The van der Waals surface area contributed by atoms with Crippen molar-refractivity contribution in [2.75, 3.05) is 6.54 Å². The zero-order chi connectivity index (χ0) is 20.4. The molecule has 0 bridgehead atoms. The number of nitrogens with zero attached hydrogens (tertiary/aromatic N) is 1. The Hall–Kier alpha value is -0.900. The Kier molecular flexibility index (Phi) is 4.96. The molecule has 0 aromatic rings. The van der Waals surface area contributed by atoms with Crippen LogP contribution >= 0.6 is 0 Å². The summed E-state index contributed by atoms with van der Waals surface area (Å²) in [6.07, 6.45) is 6.90. The van der Waals surface area contributed by atoms with E-state index in [1.165, 1.54) is 25.7 Å². The number of amides is 1. The first-order chi connectivity index (χ1) is 13.1. The Balaban J connectivity index is 1.61. The van der Waals surface area contributed by atoms with Crippen LogP contribution in [0.5, 0.6) is 0 Å². The molecule has 1 amide bonds. The normalized spacial score (nSPS) is 49.7. The van der Waals surface area contributed by atoms with E-state index in [1.54, 1.807) is 6.92 Å². The van der Waals surface area contributed by atoms with Gasteiger partial charge in [0.1, 0.15) is 5.78 Å². The molecular weight excluding hydrogens is 348 g/mol. The van der Waals surface area contributed by atoms with Gasteiger partial charge in [-0.25, -0.2) is 0 Å². The summed E-state index contributed by atoms with van der Waals surface area (Å²) in [7, 11) is 0. The van der Waals surface area contributed by atoms with Gasteiger partial charge in [-0.1, -0.05) is 13.8 Å².